The molecule has 0 aliphatic heterocycles. The van der Waals surface area contributed by atoms with Crippen molar-refractivity contribution < 1.29 is 28.6 Å². The van der Waals surface area contributed by atoms with Crippen LogP contribution in [0.2, 0.25) is 0 Å². The Labute approximate surface area is 377 Å². The van der Waals surface area contributed by atoms with Gasteiger partial charge in [0.2, 0.25) is 0 Å². The van der Waals surface area contributed by atoms with Crippen molar-refractivity contribution >= 4 is 17.9 Å². The van der Waals surface area contributed by atoms with Crippen LogP contribution in [0, 0.1) is 0 Å². The van der Waals surface area contributed by atoms with Crippen LogP contribution < -0.4 is 0 Å². The van der Waals surface area contributed by atoms with Crippen molar-refractivity contribution in [3.8, 4) is 0 Å². The second-order valence-corrected chi connectivity index (χ2v) is 17.1. The number of hydrogen-bond donors (Lipinski definition) is 0. The highest BCUT2D eigenvalue weighted by Crippen LogP contribution is 2.15. The van der Waals surface area contributed by atoms with Crippen LogP contribution in [-0.2, 0) is 28.6 Å². The summed E-state index contributed by atoms with van der Waals surface area (Å²) in [5, 5.41) is 0. The molecule has 0 heterocycles. The third kappa shape index (κ3) is 48.0. The fourth-order valence-corrected chi connectivity index (χ4v) is 7.13. The monoisotopic (exact) mass is 853 g/mol. The summed E-state index contributed by atoms with van der Waals surface area (Å²) < 4.78 is 16.8. The van der Waals surface area contributed by atoms with Crippen molar-refractivity contribution in [3.63, 3.8) is 0 Å². The summed E-state index contributed by atoms with van der Waals surface area (Å²) in [4.78, 5) is 37.9. The molecule has 0 spiro atoms. The van der Waals surface area contributed by atoms with Crippen LogP contribution in [0.3, 0.4) is 0 Å². The lowest BCUT2D eigenvalue weighted by molar-refractivity contribution is -0.167. The van der Waals surface area contributed by atoms with Gasteiger partial charge in [0.25, 0.3) is 0 Å². The van der Waals surface area contributed by atoms with E-state index in [1.807, 2.05) is 0 Å². The number of esters is 3. The maximum absolute atomic E-state index is 12.8. The summed E-state index contributed by atoms with van der Waals surface area (Å²) in [6, 6.07) is 0. The van der Waals surface area contributed by atoms with Gasteiger partial charge < -0.3 is 14.2 Å². The molecule has 0 aliphatic carbocycles. The minimum Gasteiger partial charge on any atom is -0.462 e. The molecule has 352 valence electrons. The molecular weight excluding hydrogens is 757 g/mol. The summed E-state index contributed by atoms with van der Waals surface area (Å²) in [7, 11) is 0. The average Bonchev–Trinajstić information content (AvgIpc) is 3.26. The number of hydrogen-bond acceptors (Lipinski definition) is 6. The third-order valence-electron chi connectivity index (χ3n) is 11.0. The maximum Gasteiger partial charge on any atom is 0.306 e. The molecule has 0 aromatic rings. The lowest BCUT2D eigenvalue weighted by Crippen LogP contribution is -2.30. The first kappa shape index (κ1) is 58.1. The van der Waals surface area contributed by atoms with Crippen LogP contribution in [0.15, 0.2) is 60.8 Å². The topological polar surface area (TPSA) is 78.9 Å². The van der Waals surface area contributed by atoms with Gasteiger partial charge in [-0.2, -0.15) is 0 Å². The van der Waals surface area contributed by atoms with Gasteiger partial charge in [-0.1, -0.05) is 210 Å². The molecule has 6 nitrogen and oxygen atoms in total. The number of ether oxygens (including phenoxy) is 3. The first-order valence-electron chi connectivity index (χ1n) is 25.8. The molecule has 1 atom stereocenters. The molecule has 0 saturated heterocycles. The van der Waals surface area contributed by atoms with Gasteiger partial charge in [0.05, 0.1) is 0 Å². The number of carbonyl (C=O) groups is 3. The van der Waals surface area contributed by atoms with Crippen molar-refractivity contribution in [2.24, 2.45) is 0 Å². The minimum atomic E-state index is -0.784. The molecule has 0 saturated carbocycles. The van der Waals surface area contributed by atoms with E-state index in [2.05, 4.69) is 81.5 Å². The zero-order valence-corrected chi connectivity index (χ0v) is 40.2. The molecule has 0 rings (SSSR count). The molecular formula is C55H96O6. The number of rotatable bonds is 46. The number of allylic oxidation sites excluding steroid dienone is 10. The quantitative estimate of drug-likeness (QED) is 0.0263. The summed E-state index contributed by atoms with van der Waals surface area (Å²) in [5.41, 5.74) is 0. The van der Waals surface area contributed by atoms with Gasteiger partial charge in [-0.05, 0) is 83.5 Å². The zero-order valence-electron chi connectivity index (χ0n) is 40.2. The van der Waals surface area contributed by atoms with E-state index < -0.39 is 6.10 Å². The lowest BCUT2D eigenvalue weighted by Gasteiger charge is -2.18. The van der Waals surface area contributed by atoms with E-state index in [9.17, 15) is 14.4 Å². The maximum atomic E-state index is 12.8. The van der Waals surface area contributed by atoms with E-state index in [0.717, 1.165) is 103 Å². The summed E-state index contributed by atoms with van der Waals surface area (Å²) in [6.45, 7) is 6.49. The van der Waals surface area contributed by atoms with Crippen LogP contribution in [0.25, 0.3) is 0 Å². The Morgan fingerprint density at radius 2 is 0.639 bits per heavy atom. The van der Waals surface area contributed by atoms with Crippen molar-refractivity contribution in [2.75, 3.05) is 13.2 Å². The van der Waals surface area contributed by atoms with Gasteiger partial charge in [-0.3, -0.25) is 14.4 Å². The Bertz CT molecular complexity index is 1120. The summed E-state index contributed by atoms with van der Waals surface area (Å²) in [5.74, 6) is -0.912. The van der Waals surface area contributed by atoms with Crippen molar-refractivity contribution in [1.82, 2.24) is 0 Å². The summed E-state index contributed by atoms with van der Waals surface area (Å²) in [6.07, 6.45) is 60.5. The molecule has 0 radical (unpaired) electrons. The Morgan fingerprint density at radius 1 is 0.344 bits per heavy atom. The highest BCUT2D eigenvalue weighted by molar-refractivity contribution is 5.71. The molecule has 6 heteroatoms. The fourth-order valence-electron chi connectivity index (χ4n) is 7.13. The van der Waals surface area contributed by atoms with E-state index in [-0.39, 0.29) is 31.1 Å². The second-order valence-electron chi connectivity index (χ2n) is 17.1. The van der Waals surface area contributed by atoms with Gasteiger partial charge in [-0.25, -0.2) is 0 Å². The number of unbranched alkanes of at least 4 members (excludes halogenated alkanes) is 25. The average molecular weight is 853 g/mol. The smallest absolute Gasteiger partial charge is 0.306 e. The fraction of sp³-hybridized carbons (Fsp3) is 0.764. The molecule has 61 heavy (non-hydrogen) atoms. The molecule has 0 N–H and O–H groups in total. The summed E-state index contributed by atoms with van der Waals surface area (Å²) >= 11 is 0. The predicted molar refractivity (Wildman–Crippen MR) is 261 cm³/mol. The van der Waals surface area contributed by atoms with E-state index >= 15 is 0 Å². The Hall–Kier alpha value is -2.89. The van der Waals surface area contributed by atoms with Crippen molar-refractivity contribution in [2.45, 2.75) is 258 Å². The van der Waals surface area contributed by atoms with Crippen molar-refractivity contribution in [3.05, 3.63) is 60.8 Å². The molecule has 0 amide bonds. The highest BCUT2D eigenvalue weighted by Gasteiger charge is 2.19. The van der Waals surface area contributed by atoms with E-state index in [0.29, 0.717) is 19.3 Å². The molecule has 0 bridgehead atoms. The molecule has 0 aromatic heterocycles. The van der Waals surface area contributed by atoms with E-state index in [4.69, 9.17) is 14.2 Å². The molecule has 0 fully saturated rings. The van der Waals surface area contributed by atoms with Gasteiger partial charge in [0, 0.05) is 19.3 Å². The minimum absolute atomic E-state index is 0.0848. The van der Waals surface area contributed by atoms with Gasteiger partial charge >= 0.3 is 17.9 Å². The standard InChI is InChI=1S/C55H96O6/c1-4-7-10-13-16-19-22-25-26-27-28-31-33-36-39-42-45-48-54(57)60-51-52(61-55(58)49-46-43-40-37-34-30-24-21-18-15-12-9-6-3)50-59-53(56)47-44-41-38-35-32-29-23-20-17-14-11-8-5-2/h7,10,16,19-20,23,25-26,28,31,52H,4-6,8-9,11-15,17-18,21-22,24,27,29-30,32-51H2,1-3H3/b10-7-,19-16-,23-20-,26-25-,31-28-/t52-/m0/s1. The molecule has 0 aliphatic rings. The third-order valence-corrected chi connectivity index (χ3v) is 11.0. The lowest BCUT2D eigenvalue weighted by atomic mass is 10.0. The largest absolute Gasteiger partial charge is 0.462 e. The second kappa shape index (κ2) is 49.8. The van der Waals surface area contributed by atoms with Gasteiger partial charge in [-0.15, -0.1) is 0 Å². The Kier molecular flexibility index (Phi) is 47.4. The molecule has 0 unspecified atom stereocenters. The zero-order chi connectivity index (χ0) is 44.4. The van der Waals surface area contributed by atoms with Crippen LogP contribution in [-0.4, -0.2) is 37.2 Å². The predicted octanol–water partition coefficient (Wildman–Crippen LogP) is 16.9. The van der Waals surface area contributed by atoms with Crippen LogP contribution in [0.5, 0.6) is 0 Å². The first-order valence-corrected chi connectivity index (χ1v) is 25.8. The highest BCUT2D eigenvalue weighted by atomic mass is 16.6. The Balaban J connectivity index is 4.41. The van der Waals surface area contributed by atoms with Gasteiger partial charge in [0.1, 0.15) is 13.2 Å². The van der Waals surface area contributed by atoms with E-state index in [1.165, 1.54) is 109 Å². The normalized spacial score (nSPS) is 12.5. The Morgan fingerprint density at radius 3 is 1.03 bits per heavy atom. The van der Waals surface area contributed by atoms with Crippen LogP contribution >= 0.6 is 0 Å². The van der Waals surface area contributed by atoms with E-state index in [1.54, 1.807) is 0 Å². The van der Waals surface area contributed by atoms with Gasteiger partial charge in [0.15, 0.2) is 6.10 Å². The van der Waals surface area contributed by atoms with Crippen molar-refractivity contribution in [1.29, 1.82) is 0 Å². The van der Waals surface area contributed by atoms with Crippen LogP contribution in [0.1, 0.15) is 252 Å². The SMILES string of the molecule is CC/C=C\C/C=C\C/C=C\C/C=C\CCCCCCC(=O)OC[C@H](COC(=O)CCCCCCC/C=C\CCCCCC)OC(=O)CCCCCCCCCCCCCCC. The molecule has 0 aromatic carbocycles. The number of carbonyl (C=O) groups excluding carboxylic acids is 3. The first-order chi connectivity index (χ1) is 30.0. The van der Waals surface area contributed by atoms with Crippen LogP contribution in [0.4, 0.5) is 0 Å².